The lowest BCUT2D eigenvalue weighted by atomic mass is 9.95. The summed E-state index contributed by atoms with van der Waals surface area (Å²) in [5, 5.41) is 10.6. The maximum Gasteiger partial charge on any atom is 0.104 e. The third-order valence-electron chi connectivity index (χ3n) is 2.65. The van der Waals surface area contributed by atoms with Crippen molar-refractivity contribution in [1.29, 1.82) is 0 Å². The minimum absolute atomic E-state index is 0.0159. The van der Waals surface area contributed by atoms with Crippen LogP contribution in [0.5, 0.6) is 0 Å². The van der Waals surface area contributed by atoms with E-state index >= 15 is 0 Å². The second-order valence-electron chi connectivity index (χ2n) is 3.83. The first-order chi connectivity index (χ1) is 8.20. The molecule has 2 rings (SSSR count). The van der Waals surface area contributed by atoms with Gasteiger partial charge in [0.2, 0.25) is 0 Å². The SMILES string of the molecule is OCC(Cc1ccco1)c1ccc(Cl)cc1Cl. The molecule has 1 aromatic heterocycles. The highest BCUT2D eigenvalue weighted by Crippen LogP contribution is 2.29. The van der Waals surface area contributed by atoms with Gasteiger partial charge in [0, 0.05) is 22.4 Å². The van der Waals surface area contributed by atoms with E-state index in [-0.39, 0.29) is 12.5 Å². The van der Waals surface area contributed by atoms with Crippen LogP contribution >= 0.6 is 23.2 Å². The summed E-state index contributed by atoms with van der Waals surface area (Å²) in [6.07, 6.45) is 2.23. The van der Waals surface area contributed by atoms with E-state index in [1.165, 1.54) is 0 Å². The van der Waals surface area contributed by atoms with E-state index in [1.807, 2.05) is 18.2 Å². The third kappa shape index (κ3) is 3.03. The maximum atomic E-state index is 9.44. The first-order valence-electron chi connectivity index (χ1n) is 5.29. The van der Waals surface area contributed by atoms with E-state index in [2.05, 4.69) is 0 Å². The highest BCUT2D eigenvalue weighted by Gasteiger charge is 2.16. The Kier molecular flexibility index (Phi) is 4.11. The molecule has 0 radical (unpaired) electrons. The summed E-state index contributed by atoms with van der Waals surface area (Å²) < 4.78 is 5.27. The molecule has 17 heavy (non-hydrogen) atoms. The Morgan fingerprint density at radius 1 is 1.24 bits per heavy atom. The van der Waals surface area contributed by atoms with Gasteiger partial charge in [0.15, 0.2) is 0 Å². The van der Waals surface area contributed by atoms with Crippen LogP contribution in [-0.4, -0.2) is 11.7 Å². The average Bonchev–Trinajstić information content (AvgIpc) is 2.79. The highest BCUT2D eigenvalue weighted by atomic mass is 35.5. The molecule has 0 bridgehead atoms. The number of hydrogen-bond acceptors (Lipinski definition) is 2. The Balaban J connectivity index is 2.23. The van der Waals surface area contributed by atoms with Gasteiger partial charge in [-0.25, -0.2) is 0 Å². The standard InChI is InChI=1S/C13H12Cl2O2/c14-10-3-4-12(13(15)7-10)9(8-16)6-11-2-1-5-17-11/h1-5,7,9,16H,6,8H2. The van der Waals surface area contributed by atoms with E-state index in [9.17, 15) is 5.11 Å². The van der Waals surface area contributed by atoms with Crippen molar-refractivity contribution in [3.05, 3.63) is 58.0 Å². The van der Waals surface area contributed by atoms with Gasteiger partial charge in [0.1, 0.15) is 5.76 Å². The number of aliphatic hydroxyl groups is 1. The van der Waals surface area contributed by atoms with E-state index in [4.69, 9.17) is 27.6 Å². The maximum absolute atomic E-state index is 9.44. The number of aliphatic hydroxyl groups excluding tert-OH is 1. The quantitative estimate of drug-likeness (QED) is 0.914. The summed E-state index contributed by atoms with van der Waals surface area (Å²) in [6, 6.07) is 9.00. The van der Waals surface area contributed by atoms with Crippen LogP contribution in [0.2, 0.25) is 10.0 Å². The Morgan fingerprint density at radius 3 is 2.65 bits per heavy atom. The topological polar surface area (TPSA) is 33.4 Å². The molecule has 0 saturated carbocycles. The molecule has 2 aromatic rings. The minimum atomic E-state index is -0.0779. The van der Waals surface area contributed by atoms with Gasteiger partial charge in [-0.15, -0.1) is 0 Å². The molecule has 4 heteroatoms. The van der Waals surface area contributed by atoms with E-state index < -0.39 is 0 Å². The number of hydrogen-bond donors (Lipinski definition) is 1. The molecule has 1 N–H and O–H groups in total. The summed E-state index contributed by atoms with van der Waals surface area (Å²) in [5.74, 6) is 0.751. The van der Waals surface area contributed by atoms with Crippen LogP contribution in [0, 0.1) is 0 Å². The fourth-order valence-corrected chi connectivity index (χ4v) is 2.34. The molecular weight excluding hydrogens is 259 g/mol. The van der Waals surface area contributed by atoms with Crippen molar-refractivity contribution in [2.75, 3.05) is 6.61 Å². The van der Waals surface area contributed by atoms with Crippen molar-refractivity contribution in [3.63, 3.8) is 0 Å². The lowest BCUT2D eigenvalue weighted by Crippen LogP contribution is -2.08. The van der Waals surface area contributed by atoms with Crippen LogP contribution in [0.3, 0.4) is 0 Å². The summed E-state index contributed by atoms with van der Waals surface area (Å²) in [6.45, 7) is 0.0159. The monoisotopic (exact) mass is 270 g/mol. The molecule has 0 aliphatic rings. The second-order valence-corrected chi connectivity index (χ2v) is 4.67. The predicted molar refractivity (Wildman–Crippen MR) is 68.7 cm³/mol. The summed E-state index contributed by atoms with van der Waals surface area (Å²) >= 11 is 12.0. The van der Waals surface area contributed by atoms with E-state index in [0.717, 1.165) is 11.3 Å². The van der Waals surface area contributed by atoms with Crippen LogP contribution in [0.1, 0.15) is 17.2 Å². The van der Waals surface area contributed by atoms with Gasteiger partial charge in [-0.05, 0) is 29.8 Å². The van der Waals surface area contributed by atoms with E-state index in [1.54, 1.807) is 18.4 Å². The molecule has 0 fully saturated rings. The van der Waals surface area contributed by atoms with Crippen molar-refractivity contribution in [2.24, 2.45) is 0 Å². The van der Waals surface area contributed by atoms with Gasteiger partial charge in [0.05, 0.1) is 12.9 Å². The molecule has 1 atom stereocenters. The number of rotatable bonds is 4. The van der Waals surface area contributed by atoms with Gasteiger partial charge in [-0.3, -0.25) is 0 Å². The molecular formula is C13H12Cl2O2. The van der Waals surface area contributed by atoms with Gasteiger partial charge < -0.3 is 9.52 Å². The smallest absolute Gasteiger partial charge is 0.104 e. The lowest BCUT2D eigenvalue weighted by Gasteiger charge is -2.15. The first-order valence-corrected chi connectivity index (χ1v) is 6.04. The number of furan rings is 1. The van der Waals surface area contributed by atoms with Crippen LogP contribution in [0.15, 0.2) is 41.0 Å². The molecule has 90 valence electrons. The van der Waals surface area contributed by atoms with E-state index in [0.29, 0.717) is 16.5 Å². The van der Waals surface area contributed by atoms with Crippen molar-refractivity contribution >= 4 is 23.2 Å². The zero-order chi connectivity index (χ0) is 12.3. The number of benzene rings is 1. The molecule has 0 saturated heterocycles. The fourth-order valence-electron chi connectivity index (χ4n) is 1.78. The normalized spacial score (nSPS) is 12.6. The van der Waals surface area contributed by atoms with Crippen molar-refractivity contribution < 1.29 is 9.52 Å². The molecule has 1 unspecified atom stereocenters. The van der Waals surface area contributed by atoms with Crippen molar-refractivity contribution in [1.82, 2.24) is 0 Å². The zero-order valence-electron chi connectivity index (χ0n) is 9.07. The third-order valence-corrected chi connectivity index (χ3v) is 3.21. The Morgan fingerprint density at radius 2 is 2.06 bits per heavy atom. The van der Waals surface area contributed by atoms with Crippen LogP contribution in [0.4, 0.5) is 0 Å². The van der Waals surface area contributed by atoms with Gasteiger partial charge in [-0.1, -0.05) is 29.3 Å². The summed E-state index contributed by atoms with van der Waals surface area (Å²) in [7, 11) is 0. The van der Waals surface area contributed by atoms with Crippen LogP contribution in [-0.2, 0) is 6.42 Å². The molecule has 0 aliphatic heterocycles. The summed E-state index contributed by atoms with van der Waals surface area (Å²) in [4.78, 5) is 0. The van der Waals surface area contributed by atoms with Crippen LogP contribution < -0.4 is 0 Å². The predicted octanol–water partition coefficient (Wildman–Crippen LogP) is 3.91. The largest absolute Gasteiger partial charge is 0.469 e. The Labute approximate surface area is 110 Å². The summed E-state index contributed by atoms with van der Waals surface area (Å²) in [5.41, 5.74) is 0.884. The first kappa shape index (κ1) is 12.5. The van der Waals surface area contributed by atoms with Crippen molar-refractivity contribution in [2.45, 2.75) is 12.3 Å². The molecule has 2 nitrogen and oxygen atoms in total. The van der Waals surface area contributed by atoms with Gasteiger partial charge in [0.25, 0.3) is 0 Å². The van der Waals surface area contributed by atoms with Crippen molar-refractivity contribution in [3.8, 4) is 0 Å². The Bertz CT molecular complexity index is 480. The highest BCUT2D eigenvalue weighted by molar-refractivity contribution is 6.35. The number of halogens is 2. The van der Waals surface area contributed by atoms with Crippen LogP contribution in [0.25, 0.3) is 0 Å². The molecule has 1 aromatic carbocycles. The molecule has 0 aliphatic carbocycles. The Hall–Kier alpha value is -0.960. The average molecular weight is 271 g/mol. The van der Waals surface area contributed by atoms with Gasteiger partial charge in [-0.2, -0.15) is 0 Å². The minimum Gasteiger partial charge on any atom is -0.469 e. The van der Waals surface area contributed by atoms with Gasteiger partial charge >= 0.3 is 0 Å². The molecule has 0 spiro atoms. The lowest BCUT2D eigenvalue weighted by molar-refractivity contribution is 0.259. The zero-order valence-corrected chi connectivity index (χ0v) is 10.6. The molecule has 0 amide bonds. The second kappa shape index (κ2) is 5.58. The molecule has 1 heterocycles. The fraction of sp³-hybridized carbons (Fsp3) is 0.231.